The summed E-state index contributed by atoms with van der Waals surface area (Å²) in [6.45, 7) is 5.63. The predicted octanol–water partition coefficient (Wildman–Crippen LogP) is 6.22. The average Bonchev–Trinajstić information content (AvgIpc) is 3.20. The van der Waals surface area contributed by atoms with Crippen LogP contribution in [0.15, 0.2) is 72.8 Å². The zero-order chi connectivity index (χ0) is 26.6. The Morgan fingerprint density at radius 1 is 0.892 bits per heavy atom. The first-order chi connectivity index (χ1) is 17.7. The molecule has 0 bridgehead atoms. The normalized spacial score (nSPS) is 13.3. The number of esters is 1. The maximum atomic E-state index is 13.2. The van der Waals surface area contributed by atoms with Crippen LogP contribution in [0.25, 0.3) is 11.1 Å². The number of aryl methyl sites for hydroxylation is 1. The van der Waals surface area contributed by atoms with E-state index in [0.29, 0.717) is 12.8 Å². The topological polar surface area (TPSA) is 65.1 Å². The van der Waals surface area contributed by atoms with Crippen molar-refractivity contribution < 1.29 is 23.8 Å². The number of amides is 1. The van der Waals surface area contributed by atoms with Gasteiger partial charge in [-0.05, 0) is 67.5 Å². The van der Waals surface area contributed by atoms with Crippen LogP contribution in [0.5, 0.6) is 5.75 Å². The minimum absolute atomic E-state index is 0.0571. The standard InChI is InChI=1S/C31H35NO5/c1-31(2,3)37-29(33)27(19-18-21-12-6-11-17-28(21)35-5)32(4)30(34)36-20-26-24-15-9-7-13-22(24)23-14-8-10-16-25(23)26/h6-17,26-27H,18-20H2,1-5H3. The Balaban J connectivity index is 1.49. The first-order valence-electron chi connectivity index (χ1n) is 12.6. The van der Waals surface area contributed by atoms with E-state index in [1.54, 1.807) is 14.2 Å². The largest absolute Gasteiger partial charge is 0.496 e. The molecule has 0 spiro atoms. The van der Waals surface area contributed by atoms with Crippen LogP contribution in [0.3, 0.4) is 0 Å². The summed E-state index contributed by atoms with van der Waals surface area (Å²) in [7, 11) is 3.21. The number of likely N-dealkylation sites (N-methyl/N-ethyl adjacent to an activating group) is 1. The first-order valence-corrected chi connectivity index (χ1v) is 12.6. The maximum absolute atomic E-state index is 13.2. The molecule has 0 fully saturated rings. The molecule has 1 atom stereocenters. The monoisotopic (exact) mass is 501 g/mol. The average molecular weight is 502 g/mol. The van der Waals surface area contributed by atoms with E-state index in [1.165, 1.54) is 4.90 Å². The van der Waals surface area contributed by atoms with E-state index < -0.39 is 23.7 Å². The van der Waals surface area contributed by atoms with Crippen molar-refractivity contribution in [2.45, 2.75) is 51.2 Å². The van der Waals surface area contributed by atoms with Crippen LogP contribution < -0.4 is 4.74 Å². The summed E-state index contributed by atoms with van der Waals surface area (Å²) in [5, 5.41) is 0. The van der Waals surface area contributed by atoms with Gasteiger partial charge in [0.25, 0.3) is 0 Å². The van der Waals surface area contributed by atoms with Crippen LogP contribution >= 0.6 is 0 Å². The third-order valence-corrected chi connectivity index (χ3v) is 6.65. The molecule has 0 saturated carbocycles. The summed E-state index contributed by atoms with van der Waals surface area (Å²) in [5.41, 5.74) is 4.88. The zero-order valence-corrected chi connectivity index (χ0v) is 22.2. The highest BCUT2D eigenvalue weighted by molar-refractivity contribution is 5.82. The van der Waals surface area contributed by atoms with Crippen LogP contribution in [0, 0.1) is 0 Å². The molecule has 1 amide bonds. The lowest BCUT2D eigenvalue weighted by Crippen LogP contribution is -2.46. The van der Waals surface area contributed by atoms with Crippen LogP contribution in [0.4, 0.5) is 4.79 Å². The number of nitrogens with zero attached hydrogens (tertiary/aromatic N) is 1. The molecule has 0 saturated heterocycles. The van der Waals surface area contributed by atoms with E-state index in [9.17, 15) is 9.59 Å². The van der Waals surface area contributed by atoms with Crippen molar-refractivity contribution in [3.63, 3.8) is 0 Å². The number of para-hydroxylation sites is 1. The van der Waals surface area contributed by atoms with Crippen molar-refractivity contribution in [2.75, 3.05) is 20.8 Å². The minimum atomic E-state index is -0.806. The van der Waals surface area contributed by atoms with Crippen molar-refractivity contribution in [3.05, 3.63) is 89.5 Å². The first kappa shape index (κ1) is 26.3. The number of carbonyl (C=O) groups is 2. The predicted molar refractivity (Wildman–Crippen MR) is 144 cm³/mol. The number of fused-ring (bicyclic) bond motifs is 3. The summed E-state index contributed by atoms with van der Waals surface area (Å²) < 4.78 is 16.9. The van der Waals surface area contributed by atoms with Gasteiger partial charge in [-0.25, -0.2) is 9.59 Å². The number of rotatable bonds is 8. The Morgan fingerprint density at radius 2 is 1.46 bits per heavy atom. The van der Waals surface area contributed by atoms with Gasteiger partial charge in [-0.2, -0.15) is 0 Å². The summed E-state index contributed by atoms with van der Waals surface area (Å²) in [4.78, 5) is 27.8. The van der Waals surface area contributed by atoms with Gasteiger partial charge < -0.3 is 14.2 Å². The molecule has 1 aliphatic rings. The van der Waals surface area contributed by atoms with Crippen molar-refractivity contribution in [3.8, 4) is 16.9 Å². The summed E-state index contributed by atoms with van der Waals surface area (Å²) in [5.74, 6) is 0.228. The Hall–Kier alpha value is -3.80. The van der Waals surface area contributed by atoms with Crippen LogP contribution in [-0.2, 0) is 20.7 Å². The number of carbonyl (C=O) groups excluding carboxylic acids is 2. The van der Waals surface area contributed by atoms with Crippen molar-refractivity contribution in [2.24, 2.45) is 0 Å². The second-order valence-corrected chi connectivity index (χ2v) is 10.3. The fourth-order valence-electron chi connectivity index (χ4n) is 4.86. The molecule has 1 aliphatic carbocycles. The lowest BCUT2D eigenvalue weighted by molar-refractivity contribution is -0.160. The molecule has 0 aliphatic heterocycles. The summed E-state index contributed by atoms with van der Waals surface area (Å²) >= 11 is 0. The molecule has 3 aromatic carbocycles. The maximum Gasteiger partial charge on any atom is 0.410 e. The molecule has 0 N–H and O–H groups in total. The molecule has 4 rings (SSSR count). The molecule has 0 heterocycles. The van der Waals surface area contributed by atoms with E-state index in [-0.39, 0.29) is 12.5 Å². The quantitative estimate of drug-likeness (QED) is 0.343. The number of benzene rings is 3. The summed E-state index contributed by atoms with van der Waals surface area (Å²) in [6.07, 6.45) is 0.350. The van der Waals surface area contributed by atoms with E-state index in [2.05, 4.69) is 24.3 Å². The molecule has 0 aromatic heterocycles. The van der Waals surface area contributed by atoms with Crippen LogP contribution in [0.1, 0.15) is 49.8 Å². The molecule has 1 unspecified atom stereocenters. The minimum Gasteiger partial charge on any atom is -0.496 e. The molecular formula is C31H35NO5. The van der Waals surface area contributed by atoms with Crippen LogP contribution in [-0.4, -0.2) is 49.4 Å². The molecule has 6 nitrogen and oxygen atoms in total. The Bertz CT molecular complexity index is 1220. The lowest BCUT2D eigenvalue weighted by Gasteiger charge is -2.30. The van der Waals surface area contributed by atoms with E-state index in [1.807, 2.05) is 69.3 Å². The number of hydrogen-bond acceptors (Lipinski definition) is 5. The third kappa shape index (κ3) is 5.96. The van der Waals surface area contributed by atoms with E-state index >= 15 is 0 Å². The molecular weight excluding hydrogens is 466 g/mol. The highest BCUT2D eigenvalue weighted by atomic mass is 16.6. The van der Waals surface area contributed by atoms with Gasteiger partial charge in [0.1, 0.15) is 24.0 Å². The van der Waals surface area contributed by atoms with E-state index in [4.69, 9.17) is 14.2 Å². The smallest absolute Gasteiger partial charge is 0.410 e. The Morgan fingerprint density at radius 3 is 2.05 bits per heavy atom. The van der Waals surface area contributed by atoms with E-state index in [0.717, 1.165) is 33.6 Å². The molecule has 37 heavy (non-hydrogen) atoms. The SMILES string of the molecule is COc1ccccc1CCC(C(=O)OC(C)(C)C)N(C)C(=O)OCC1c2ccccc2-c2ccccc21. The third-order valence-electron chi connectivity index (χ3n) is 6.65. The van der Waals surface area contributed by atoms with Gasteiger partial charge >= 0.3 is 12.1 Å². The second kappa shape index (κ2) is 11.1. The molecule has 3 aromatic rings. The van der Waals surface area contributed by atoms with Gasteiger partial charge in [0.2, 0.25) is 0 Å². The van der Waals surface area contributed by atoms with Crippen molar-refractivity contribution in [1.82, 2.24) is 4.90 Å². The van der Waals surface area contributed by atoms with Gasteiger partial charge in [-0.3, -0.25) is 4.90 Å². The fourth-order valence-corrected chi connectivity index (χ4v) is 4.86. The lowest BCUT2D eigenvalue weighted by atomic mass is 9.98. The zero-order valence-electron chi connectivity index (χ0n) is 22.2. The molecule has 0 radical (unpaired) electrons. The number of methoxy groups -OCH3 is 1. The highest BCUT2D eigenvalue weighted by Gasteiger charge is 2.34. The number of ether oxygens (including phenoxy) is 3. The molecule has 6 heteroatoms. The van der Waals surface area contributed by atoms with Gasteiger partial charge in [0.05, 0.1) is 7.11 Å². The second-order valence-electron chi connectivity index (χ2n) is 10.3. The Kier molecular flexibility index (Phi) is 7.86. The molecule has 194 valence electrons. The van der Waals surface area contributed by atoms with Crippen LogP contribution in [0.2, 0.25) is 0 Å². The van der Waals surface area contributed by atoms with Gasteiger partial charge in [-0.15, -0.1) is 0 Å². The Labute approximate surface area is 219 Å². The van der Waals surface area contributed by atoms with Gasteiger partial charge in [0, 0.05) is 13.0 Å². The van der Waals surface area contributed by atoms with Gasteiger partial charge in [-0.1, -0.05) is 66.7 Å². The highest BCUT2D eigenvalue weighted by Crippen LogP contribution is 2.44. The van der Waals surface area contributed by atoms with Crippen molar-refractivity contribution >= 4 is 12.1 Å². The number of hydrogen-bond donors (Lipinski definition) is 0. The van der Waals surface area contributed by atoms with Gasteiger partial charge in [0.15, 0.2) is 0 Å². The fraction of sp³-hybridized carbons (Fsp3) is 0.355. The van der Waals surface area contributed by atoms with Crippen molar-refractivity contribution in [1.29, 1.82) is 0 Å². The summed E-state index contributed by atoms with van der Waals surface area (Å²) in [6, 6.07) is 23.2.